The number of methoxy groups -OCH3 is 2. The maximum atomic E-state index is 13.8. The van der Waals surface area contributed by atoms with Crippen molar-refractivity contribution in [3.63, 3.8) is 0 Å². The van der Waals surface area contributed by atoms with Crippen LogP contribution in [0.25, 0.3) is 0 Å². The maximum absolute atomic E-state index is 13.8. The topological polar surface area (TPSA) is 97.0 Å². The van der Waals surface area contributed by atoms with E-state index in [0.717, 1.165) is 5.56 Å². The van der Waals surface area contributed by atoms with Crippen molar-refractivity contribution in [3.05, 3.63) is 82.0 Å². The number of rotatable bonds is 12. The number of carbonyl (C=O) groups excluding carboxylic acids is 3. The zero-order valence-electron chi connectivity index (χ0n) is 22.4. The van der Waals surface area contributed by atoms with E-state index in [9.17, 15) is 14.4 Å². The molecule has 2 aromatic carbocycles. The van der Waals surface area contributed by atoms with Crippen LogP contribution in [0.4, 0.5) is 0 Å². The average molecular weight is 538 g/mol. The van der Waals surface area contributed by atoms with Gasteiger partial charge in [0.2, 0.25) is 11.8 Å². The van der Waals surface area contributed by atoms with Crippen molar-refractivity contribution in [2.24, 2.45) is 0 Å². The molecule has 9 heteroatoms. The predicted molar refractivity (Wildman–Crippen MR) is 148 cm³/mol. The Hall–Kier alpha value is -3.85. The number of nitrogens with one attached hydrogen (secondary N) is 2. The molecule has 0 fully saturated rings. The van der Waals surface area contributed by atoms with Gasteiger partial charge in [-0.15, -0.1) is 11.3 Å². The van der Waals surface area contributed by atoms with Gasteiger partial charge < -0.3 is 25.0 Å². The summed E-state index contributed by atoms with van der Waals surface area (Å²) in [4.78, 5) is 42.1. The number of hydrogen-bond acceptors (Lipinski definition) is 6. The molecular formula is C29H35N3O5S. The number of ether oxygens (including phenoxy) is 2. The van der Waals surface area contributed by atoms with E-state index in [0.29, 0.717) is 28.4 Å². The van der Waals surface area contributed by atoms with Crippen LogP contribution in [0.3, 0.4) is 0 Å². The van der Waals surface area contributed by atoms with E-state index >= 15 is 0 Å². The van der Waals surface area contributed by atoms with Crippen LogP contribution in [-0.4, -0.2) is 48.9 Å². The quantitative estimate of drug-likeness (QED) is 0.353. The van der Waals surface area contributed by atoms with Crippen molar-refractivity contribution in [3.8, 4) is 11.5 Å². The molecule has 0 aliphatic rings. The highest BCUT2D eigenvalue weighted by atomic mass is 32.1. The van der Waals surface area contributed by atoms with Gasteiger partial charge >= 0.3 is 0 Å². The molecule has 3 aromatic rings. The lowest BCUT2D eigenvalue weighted by molar-refractivity contribution is -0.141. The van der Waals surface area contributed by atoms with E-state index in [2.05, 4.69) is 10.6 Å². The van der Waals surface area contributed by atoms with Gasteiger partial charge in [-0.1, -0.05) is 37.3 Å². The monoisotopic (exact) mass is 537 g/mol. The Morgan fingerprint density at radius 2 is 1.68 bits per heavy atom. The van der Waals surface area contributed by atoms with Crippen molar-refractivity contribution in [1.29, 1.82) is 0 Å². The Bertz CT molecular complexity index is 1230. The van der Waals surface area contributed by atoms with Crippen molar-refractivity contribution in [2.45, 2.75) is 45.3 Å². The maximum Gasteiger partial charge on any atom is 0.261 e. The molecule has 3 amide bonds. The molecule has 38 heavy (non-hydrogen) atoms. The number of thiophene rings is 1. The highest BCUT2D eigenvalue weighted by Gasteiger charge is 2.34. The predicted octanol–water partition coefficient (Wildman–Crippen LogP) is 4.57. The minimum Gasteiger partial charge on any atom is -0.497 e. The molecule has 202 valence electrons. The standard InChI is InChI=1S/C29H35N3O5S/c1-6-29(2,3)31-28(35)26(21-9-7-10-23(17-21)37-5)32(19-20-12-14-22(36-4)15-13-20)25(33)18-30-27(34)24-11-8-16-38-24/h7-17,26H,6,18-19H2,1-5H3,(H,30,34)(H,31,35). The fourth-order valence-electron chi connectivity index (χ4n) is 3.78. The van der Waals surface area contributed by atoms with Crippen molar-refractivity contribution in [2.75, 3.05) is 20.8 Å². The first-order valence-electron chi connectivity index (χ1n) is 12.4. The van der Waals surface area contributed by atoms with E-state index < -0.39 is 17.5 Å². The zero-order chi connectivity index (χ0) is 27.7. The van der Waals surface area contributed by atoms with Crippen molar-refractivity contribution < 1.29 is 23.9 Å². The number of benzene rings is 2. The van der Waals surface area contributed by atoms with Gasteiger partial charge in [-0.2, -0.15) is 0 Å². The highest BCUT2D eigenvalue weighted by molar-refractivity contribution is 7.12. The number of hydrogen-bond donors (Lipinski definition) is 2. The lowest BCUT2D eigenvalue weighted by Crippen LogP contribution is -2.51. The summed E-state index contributed by atoms with van der Waals surface area (Å²) in [5.74, 6) is 0.186. The normalized spacial score (nSPS) is 11.8. The van der Waals surface area contributed by atoms with E-state index in [1.807, 2.05) is 32.9 Å². The lowest BCUT2D eigenvalue weighted by Gasteiger charge is -2.35. The fourth-order valence-corrected chi connectivity index (χ4v) is 4.42. The minimum atomic E-state index is -0.968. The SMILES string of the molecule is CCC(C)(C)NC(=O)C(c1cccc(OC)c1)N(Cc1ccc(OC)cc1)C(=O)CNC(=O)c1cccs1. The first-order chi connectivity index (χ1) is 18.2. The van der Waals surface area contributed by atoms with Crippen LogP contribution in [0.2, 0.25) is 0 Å². The number of carbonyl (C=O) groups is 3. The molecule has 3 rings (SSSR count). The molecule has 0 spiro atoms. The third-order valence-electron chi connectivity index (χ3n) is 6.29. The van der Waals surface area contributed by atoms with Gasteiger partial charge in [0.05, 0.1) is 25.6 Å². The molecule has 1 atom stereocenters. The van der Waals surface area contributed by atoms with E-state index in [1.165, 1.54) is 16.2 Å². The summed E-state index contributed by atoms with van der Waals surface area (Å²) >= 11 is 1.29. The van der Waals surface area contributed by atoms with Crippen LogP contribution in [0, 0.1) is 0 Å². The lowest BCUT2D eigenvalue weighted by atomic mass is 9.98. The average Bonchev–Trinajstić information content (AvgIpc) is 3.47. The van der Waals surface area contributed by atoms with Crippen molar-refractivity contribution in [1.82, 2.24) is 15.5 Å². The number of amides is 3. The Labute approximate surface area is 228 Å². The number of nitrogens with zero attached hydrogens (tertiary/aromatic N) is 1. The molecule has 0 aliphatic carbocycles. The summed E-state index contributed by atoms with van der Waals surface area (Å²) in [5, 5.41) is 7.59. The molecule has 0 radical (unpaired) electrons. The van der Waals surface area contributed by atoms with Crippen LogP contribution in [0.1, 0.15) is 54.0 Å². The molecule has 0 saturated heterocycles. The molecule has 1 aromatic heterocycles. The molecule has 0 bridgehead atoms. The Kier molecular flexibility index (Phi) is 9.90. The molecule has 0 aliphatic heterocycles. The summed E-state index contributed by atoms with van der Waals surface area (Å²) in [7, 11) is 3.13. The molecule has 8 nitrogen and oxygen atoms in total. The second-order valence-electron chi connectivity index (χ2n) is 9.44. The first-order valence-corrected chi connectivity index (χ1v) is 13.3. The summed E-state index contributed by atoms with van der Waals surface area (Å²) in [6.45, 7) is 5.73. The van der Waals surface area contributed by atoms with Gasteiger partial charge in [0, 0.05) is 12.1 Å². The van der Waals surface area contributed by atoms with Crippen LogP contribution < -0.4 is 20.1 Å². The van der Waals surface area contributed by atoms with Gasteiger partial charge in [-0.05, 0) is 67.1 Å². The molecule has 0 saturated carbocycles. The molecule has 2 N–H and O–H groups in total. The fraction of sp³-hybridized carbons (Fsp3) is 0.345. The molecule has 1 unspecified atom stereocenters. The van der Waals surface area contributed by atoms with Gasteiger partial charge in [-0.25, -0.2) is 0 Å². The Balaban J connectivity index is 2.00. The van der Waals surface area contributed by atoms with Gasteiger partial charge in [0.1, 0.15) is 17.5 Å². The summed E-state index contributed by atoms with van der Waals surface area (Å²) < 4.78 is 10.7. The highest BCUT2D eigenvalue weighted by Crippen LogP contribution is 2.28. The minimum absolute atomic E-state index is 0.138. The van der Waals surface area contributed by atoms with Crippen molar-refractivity contribution >= 4 is 29.1 Å². The van der Waals surface area contributed by atoms with Gasteiger partial charge in [0.25, 0.3) is 5.91 Å². The van der Waals surface area contributed by atoms with Crippen LogP contribution in [-0.2, 0) is 16.1 Å². The largest absolute Gasteiger partial charge is 0.497 e. The van der Waals surface area contributed by atoms with Crippen LogP contribution >= 0.6 is 11.3 Å². The second kappa shape index (κ2) is 13.1. The third kappa shape index (κ3) is 7.58. The van der Waals surface area contributed by atoms with Gasteiger partial charge in [-0.3, -0.25) is 14.4 Å². The Morgan fingerprint density at radius 3 is 2.29 bits per heavy atom. The summed E-state index contributed by atoms with van der Waals surface area (Å²) in [6, 6.07) is 16.9. The Morgan fingerprint density at radius 1 is 0.974 bits per heavy atom. The van der Waals surface area contributed by atoms with E-state index in [1.54, 1.807) is 68.1 Å². The van der Waals surface area contributed by atoms with Crippen LogP contribution in [0.15, 0.2) is 66.0 Å². The first kappa shape index (κ1) is 28.7. The third-order valence-corrected chi connectivity index (χ3v) is 7.16. The van der Waals surface area contributed by atoms with E-state index in [4.69, 9.17) is 9.47 Å². The smallest absolute Gasteiger partial charge is 0.261 e. The summed E-state index contributed by atoms with van der Waals surface area (Å²) in [6.07, 6.45) is 0.701. The molecular weight excluding hydrogens is 502 g/mol. The van der Waals surface area contributed by atoms with Gasteiger partial charge in [0.15, 0.2) is 0 Å². The zero-order valence-corrected chi connectivity index (χ0v) is 23.3. The van der Waals surface area contributed by atoms with Crippen LogP contribution in [0.5, 0.6) is 11.5 Å². The summed E-state index contributed by atoms with van der Waals surface area (Å²) in [5.41, 5.74) is 0.913. The van der Waals surface area contributed by atoms with E-state index in [-0.39, 0.29) is 24.9 Å². The molecule has 1 heterocycles. The second-order valence-corrected chi connectivity index (χ2v) is 10.4.